The number of fused-ring (bicyclic) bond motifs is 1. The molecule has 1 N–H and O–H groups in total. The van der Waals surface area contributed by atoms with Crippen molar-refractivity contribution in [2.45, 2.75) is 45.3 Å². The average Bonchev–Trinajstić information content (AvgIpc) is 2.99. The van der Waals surface area contributed by atoms with Crippen molar-refractivity contribution in [1.82, 2.24) is 9.62 Å². The zero-order valence-electron chi connectivity index (χ0n) is 18.6. The molecule has 2 heterocycles. The van der Waals surface area contributed by atoms with Crippen molar-refractivity contribution < 1.29 is 30.8 Å². The number of guanidine groups is 1. The Morgan fingerprint density at radius 3 is 2.50 bits per heavy atom. The number of rotatable bonds is 1. The lowest BCUT2D eigenvalue weighted by atomic mass is 9.91. The van der Waals surface area contributed by atoms with E-state index in [4.69, 9.17) is 4.74 Å². The summed E-state index contributed by atoms with van der Waals surface area (Å²) in [5.41, 5.74) is -1.87. The van der Waals surface area contributed by atoms with E-state index in [0.717, 1.165) is 16.6 Å². The molecule has 1 atom stereocenters. The number of hydrogen-bond donors (Lipinski definition) is 1. The van der Waals surface area contributed by atoms with Crippen molar-refractivity contribution in [1.29, 1.82) is 0 Å². The van der Waals surface area contributed by atoms with E-state index in [1.807, 2.05) is 0 Å². The predicted molar refractivity (Wildman–Crippen MR) is 118 cm³/mol. The van der Waals surface area contributed by atoms with Crippen LogP contribution in [0.15, 0.2) is 22.1 Å². The number of carbonyl (C=O) groups excluding carboxylic acids is 1. The van der Waals surface area contributed by atoms with Crippen LogP contribution in [0, 0.1) is 5.82 Å². The van der Waals surface area contributed by atoms with Crippen LogP contribution in [0.5, 0.6) is 0 Å². The predicted octanol–water partition coefficient (Wildman–Crippen LogP) is 1.83. The summed E-state index contributed by atoms with van der Waals surface area (Å²) in [7, 11) is -6.32. The Balaban J connectivity index is 2.04. The summed E-state index contributed by atoms with van der Waals surface area (Å²) in [6.45, 7) is 6.36. The van der Waals surface area contributed by atoms with Gasteiger partial charge in [-0.2, -0.15) is 0 Å². The minimum atomic E-state index is -3.98. The number of hydrogen-bond acceptors (Lipinski definition) is 8. The largest absolute Gasteiger partial charge is 0.444 e. The number of nitrogens with one attached hydrogen (secondary N) is 1. The van der Waals surface area contributed by atoms with Gasteiger partial charge in [0.2, 0.25) is 16.0 Å². The molecule has 0 fully saturated rings. The first kappa shape index (κ1) is 24.1. The number of benzene rings is 1. The van der Waals surface area contributed by atoms with Crippen molar-refractivity contribution in [2.75, 3.05) is 19.1 Å². The second-order valence-electron chi connectivity index (χ2n) is 8.98. The second kappa shape index (κ2) is 7.51. The van der Waals surface area contributed by atoms with Gasteiger partial charge in [0.25, 0.3) is 0 Å². The molecule has 0 saturated carbocycles. The number of alkyl carbamates (subject to hydrolysis) is 1. The van der Waals surface area contributed by atoms with E-state index < -0.39 is 48.7 Å². The molecule has 13 heteroatoms. The number of halogens is 1. The fourth-order valence-corrected chi connectivity index (χ4v) is 5.53. The number of amides is 1. The number of sulfone groups is 1. The molecule has 176 valence electrons. The van der Waals surface area contributed by atoms with Gasteiger partial charge in [-0.1, -0.05) is 0 Å². The van der Waals surface area contributed by atoms with E-state index in [-0.39, 0.29) is 28.7 Å². The van der Waals surface area contributed by atoms with E-state index in [1.165, 1.54) is 20.0 Å². The van der Waals surface area contributed by atoms with Gasteiger partial charge >= 0.3 is 6.09 Å². The fraction of sp³-hybridized carbons (Fsp3) is 0.526. The van der Waals surface area contributed by atoms with Crippen molar-refractivity contribution >= 4 is 42.6 Å². The third-order valence-electron chi connectivity index (χ3n) is 4.91. The zero-order chi connectivity index (χ0) is 24.3. The van der Waals surface area contributed by atoms with Gasteiger partial charge in [0.15, 0.2) is 9.84 Å². The molecule has 2 aliphatic heterocycles. The molecule has 3 rings (SSSR count). The number of sulfonamides is 1. The highest BCUT2D eigenvalue weighted by atomic mass is 32.2. The Morgan fingerprint density at radius 2 is 1.94 bits per heavy atom. The van der Waals surface area contributed by atoms with Gasteiger partial charge in [0.05, 0.1) is 11.4 Å². The van der Waals surface area contributed by atoms with Crippen LogP contribution < -0.4 is 5.32 Å². The Morgan fingerprint density at radius 1 is 1.31 bits per heavy atom. The van der Waals surface area contributed by atoms with Gasteiger partial charge in [-0.15, -0.1) is 0 Å². The minimum absolute atomic E-state index is 0.0308. The summed E-state index contributed by atoms with van der Waals surface area (Å²) in [5, 5.41) is 2.22. The fourth-order valence-electron chi connectivity index (χ4n) is 3.38. The summed E-state index contributed by atoms with van der Waals surface area (Å²) in [6.07, 6.45) is 0.0681. The lowest BCUT2D eigenvalue weighted by Gasteiger charge is -2.36. The highest BCUT2D eigenvalue weighted by molar-refractivity contribution is 8.05. The maximum Gasteiger partial charge on any atom is 0.414 e. The molecule has 0 radical (unpaired) electrons. The van der Waals surface area contributed by atoms with E-state index in [9.17, 15) is 21.6 Å². The summed E-state index contributed by atoms with van der Waals surface area (Å²) in [6, 6.07) is 2.44. The Hall–Kier alpha value is -2.54. The maximum absolute atomic E-state index is 15.1. The third-order valence-corrected chi connectivity index (χ3v) is 7.93. The molecule has 0 aliphatic carbocycles. The molecule has 0 unspecified atom stereocenters. The van der Waals surface area contributed by atoms with Gasteiger partial charge in [0, 0.05) is 31.4 Å². The van der Waals surface area contributed by atoms with Crippen LogP contribution in [0.3, 0.4) is 0 Å². The van der Waals surface area contributed by atoms with Crippen LogP contribution in [0.2, 0.25) is 0 Å². The van der Waals surface area contributed by atoms with Crippen molar-refractivity contribution in [3.8, 4) is 0 Å². The molecular formula is C19H25FN4O6S2. The summed E-state index contributed by atoms with van der Waals surface area (Å²) >= 11 is 0. The van der Waals surface area contributed by atoms with E-state index >= 15 is 4.39 Å². The molecule has 0 aromatic heterocycles. The number of ether oxygens (including phenoxy) is 1. The van der Waals surface area contributed by atoms with Crippen molar-refractivity contribution in [2.24, 2.45) is 9.98 Å². The lowest BCUT2D eigenvalue weighted by molar-refractivity contribution is 0.0559. The molecule has 1 aromatic carbocycles. The van der Waals surface area contributed by atoms with Gasteiger partial charge in [-0.3, -0.25) is 5.32 Å². The van der Waals surface area contributed by atoms with E-state index in [0.29, 0.717) is 5.56 Å². The van der Waals surface area contributed by atoms with Crippen LogP contribution in [0.25, 0.3) is 0 Å². The van der Waals surface area contributed by atoms with Crippen molar-refractivity contribution in [3.05, 3.63) is 29.1 Å². The van der Waals surface area contributed by atoms with Crippen molar-refractivity contribution in [3.63, 3.8) is 0 Å². The maximum atomic E-state index is 15.1. The summed E-state index contributed by atoms with van der Waals surface area (Å²) < 4.78 is 70.3. The number of nitrogens with zero attached hydrogens (tertiary/aromatic N) is 3. The van der Waals surface area contributed by atoms with Gasteiger partial charge < -0.3 is 4.74 Å². The zero-order valence-corrected chi connectivity index (χ0v) is 20.2. The number of aliphatic imine (C=N–C) groups is 2. The topological polar surface area (TPSA) is 135 Å². The summed E-state index contributed by atoms with van der Waals surface area (Å²) in [5.74, 6) is -1.67. The molecule has 0 saturated heterocycles. The second-order valence-corrected chi connectivity index (χ2v) is 13.0. The molecule has 1 aromatic rings. The van der Waals surface area contributed by atoms with Crippen LogP contribution in [-0.2, 0) is 36.6 Å². The molecule has 0 spiro atoms. The molecular weight excluding hydrogens is 463 g/mol. The van der Waals surface area contributed by atoms with Crippen LogP contribution >= 0.6 is 0 Å². The Kier molecular flexibility index (Phi) is 5.66. The van der Waals surface area contributed by atoms with Crippen LogP contribution in [0.4, 0.5) is 14.9 Å². The van der Waals surface area contributed by atoms with E-state index in [2.05, 4.69) is 15.3 Å². The average molecular weight is 489 g/mol. The third kappa shape index (κ3) is 4.77. The molecule has 0 bridgehead atoms. The summed E-state index contributed by atoms with van der Waals surface area (Å²) in [4.78, 5) is 20.5. The standard InChI is InChI=1S/C19H25FN4O6S2/c1-18(2,3)30-17(25)22-16-23-19(4,10-32(28,29)24(16)5)12-7-11-8-15(31(6,26)27)21-14(11)9-13(12)20/h7,9H,8,10H2,1-6H3,(H,22,23,25)/t19-/m0/s1. The first-order chi connectivity index (χ1) is 14.4. The highest BCUT2D eigenvalue weighted by Crippen LogP contribution is 2.38. The smallest absolute Gasteiger partial charge is 0.414 e. The van der Waals surface area contributed by atoms with Gasteiger partial charge in [0.1, 0.15) is 22.0 Å². The molecule has 32 heavy (non-hydrogen) atoms. The quantitative estimate of drug-likeness (QED) is 0.641. The Labute approximate surface area is 186 Å². The number of carbonyl (C=O) groups is 1. The molecule has 1 amide bonds. The molecule has 10 nitrogen and oxygen atoms in total. The first-order valence-electron chi connectivity index (χ1n) is 9.58. The highest BCUT2D eigenvalue weighted by Gasteiger charge is 2.43. The molecule has 2 aliphatic rings. The van der Waals surface area contributed by atoms with E-state index in [1.54, 1.807) is 20.8 Å². The van der Waals surface area contributed by atoms with Gasteiger partial charge in [-0.05, 0) is 39.3 Å². The van der Waals surface area contributed by atoms with Gasteiger partial charge in [-0.25, -0.2) is 40.3 Å². The SMILES string of the molecule is CN1C(NC(=O)OC(C)(C)C)=N[C@](C)(c2cc3c(cc2F)N=C(S(C)(=O)=O)C3)CS1(=O)=O. The monoisotopic (exact) mass is 488 g/mol. The first-order valence-corrected chi connectivity index (χ1v) is 13.1. The normalized spacial score (nSPS) is 22.7. The van der Waals surface area contributed by atoms with Crippen LogP contribution in [0.1, 0.15) is 38.8 Å². The lowest BCUT2D eigenvalue weighted by Crippen LogP contribution is -2.54. The van der Waals surface area contributed by atoms with Crippen LogP contribution in [-0.4, -0.2) is 62.9 Å². The Bertz CT molecular complexity index is 1270. The minimum Gasteiger partial charge on any atom is -0.444 e.